The molecule has 1 aromatic carbocycles. The topological polar surface area (TPSA) is 119 Å². The zero-order valence-corrected chi connectivity index (χ0v) is 25.4. The van der Waals surface area contributed by atoms with E-state index in [1.165, 1.54) is 9.25 Å². The second-order valence-corrected chi connectivity index (χ2v) is 10.6. The van der Waals surface area contributed by atoms with Gasteiger partial charge in [-0.1, -0.05) is 38.3 Å². The first kappa shape index (κ1) is 33.8. The number of aromatic nitrogens is 3. The highest BCUT2D eigenvalue weighted by Crippen LogP contribution is 2.22. The van der Waals surface area contributed by atoms with Crippen LogP contribution in [-0.2, 0) is 45.0 Å². The van der Waals surface area contributed by atoms with Crippen LogP contribution in [0.15, 0.2) is 33.9 Å². The molecule has 0 bridgehead atoms. The lowest BCUT2D eigenvalue weighted by atomic mass is 10.1. The molecule has 0 radical (unpaired) electrons. The number of carbonyl (C=O) groups is 2. The maximum absolute atomic E-state index is 13.2. The Hall–Kier alpha value is -3.43. The van der Waals surface area contributed by atoms with Gasteiger partial charge in [-0.25, -0.2) is 14.3 Å². The number of benzene rings is 1. The Bertz CT molecular complexity index is 1230. The molecule has 0 atom stereocenters. The molecule has 0 N–H and O–H groups in total. The van der Waals surface area contributed by atoms with E-state index >= 15 is 0 Å². The Morgan fingerprint density at radius 3 is 2.32 bits per heavy atom. The van der Waals surface area contributed by atoms with E-state index in [0.29, 0.717) is 43.9 Å². The van der Waals surface area contributed by atoms with Crippen molar-refractivity contribution in [3.05, 3.63) is 56.4 Å². The lowest BCUT2D eigenvalue weighted by Gasteiger charge is -2.24. The van der Waals surface area contributed by atoms with Crippen molar-refractivity contribution in [2.24, 2.45) is 0 Å². The van der Waals surface area contributed by atoms with E-state index < -0.39 is 17.3 Å². The van der Waals surface area contributed by atoms with E-state index in [9.17, 15) is 19.2 Å². The highest BCUT2D eigenvalue weighted by molar-refractivity contribution is 5.79. The number of hydrogen-bond donors (Lipinski definition) is 0. The minimum atomic E-state index is -1.10. The molecule has 1 aromatic heterocycles. The van der Waals surface area contributed by atoms with E-state index in [4.69, 9.17) is 14.2 Å². The van der Waals surface area contributed by atoms with Gasteiger partial charge in [0, 0.05) is 19.5 Å². The summed E-state index contributed by atoms with van der Waals surface area (Å²) in [5.74, 6) is -0.176. The van der Waals surface area contributed by atoms with Gasteiger partial charge in [0.15, 0.2) is 5.60 Å². The minimum Gasteiger partial charge on any atom is -0.476 e. The maximum Gasteiger partial charge on any atom is 0.349 e. The fourth-order valence-corrected chi connectivity index (χ4v) is 4.44. The average Bonchev–Trinajstić information content (AvgIpc) is 2.93. The van der Waals surface area contributed by atoms with E-state index in [-0.39, 0.29) is 31.1 Å². The quantitative estimate of drug-likeness (QED) is 0.177. The number of esters is 2. The fraction of sp³-hybridized carbons (Fsp3) is 0.645. The lowest BCUT2D eigenvalue weighted by molar-refractivity contribution is -0.158. The predicted octanol–water partition coefficient (Wildman–Crippen LogP) is 4.61. The lowest BCUT2D eigenvalue weighted by Crippen LogP contribution is -2.43. The summed E-state index contributed by atoms with van der Waals surface area (Å²) in [7, 11) is 0. The molecule has 41 heavy (non-hydrogen) atoms. The zero-order chi connectivity index (χ0) is 30.3. The van der Waals surface area contributed by atoms with Gasteiger partial charge in [0.2, 0.25) is 0 Å². The van der Waals surface area contributed by atoms with Crippen LogP contribution in [-0.4, -0.2) is 45.1 Å². The molecule has 10 nitrogen and oxygen atoms in total. The first-order chi connectivity index (χ1) is 19.6. The minimum absolute atomic E-state index is 0.146. The van der Waals surface area contributed by atoms with Crippen LogP contribution in [0.5, 0.6) is 5.75 Å². The number of unbranched alkanes of at least 4 members (excludes halogenated alkanes) is 4. The third-order valence-corrected chi connectivity index (χ3v) is 6.64. The highest BCUT2D eigenvalue weighted by Gasteiger charge is 2.31. The van der Waals surface area contributed by atoms with Crippen LogP contribution >= 0.6 is 0 Å². The molecule has 0 aliphatic carbocycles. The first-order valence-corrected chi connectivity index (χ1v) is 14.9. The van der Waals surface area contributed by atoms with Crippen molar-refractivity contribution < 1.29 is 23.8 Å². The van der Waals surface area contributed by atoms with Crippen LogP contribution in [0.25, 0.3) is 0 Å². The summed E-state index contributed by atoms with van der Waals surface area (Å²) in [6.07, 6.45) is 7.23. The second kappa shape index (κ2) is 17.4. The molecule has 0 saturated heterocycles. The van der Waals surface area contributed by atoms with E-state index in [1.54, 1.807) is 33.8 Å². The van der Waals surface area contributed by atoms with Gasteiger partial charge in [-0.3, -0.25) is 14.2 Å². The van der Waals surface area contributed by atoms with Crippen LogP contribution in [0.1, 0.15) is 97.2 Å². The summed E-state index contributed by atoms with van der Waals surface area (Å²) in [5.41, 5.74) is -0.481. The highest BCUT2D eigenvalue weighted by atomic mass is 16.6. The normalized spacial score (nSPS) is 11.3. The SMILES string of the molecule is CCCCCCc1nn(CCCCc2cccc(OC(C)(C)C(=O)OCC)c2)c(=O)n(CCCC(=O)OCC)c1=O. The molecular formula is C31H47N3O7. The molecule has 0 unspecified atom stereocenters. The molecular weight excluding hydrogens is 526 g/mol. The van der Waals surface area contributed by atoms with Crippen LogP contribution in [0, 0.1) is 0 Å². The Morgan fingerprint density at radius 1 is 0.878 bits per heavy atom. The summed E-state index contributed by atoms with van der Waals surface area (Å²) in [5, 5.41) is 4.45. The van der Waals surface area contributed by atoms with Crippen LogP contribution in [0.2, 0.25) is 0 Å². The number of rotatable bonds is 19. The molecule has 2 aromatic rings. The summed E-state index contributed by atoms with van der Waals surface area (Å²) in [6, 6.07) is 7.59. The van der Waals surface area contributed by atoms with Crippen LogP contribution in [0.4, 0.5) is 0 Å². The molecule has 0 amide bonds. The van der Waals surface area contributed by atoms with Crippen molar-refractivity contribution in [3.63, 3.8) is 0 Å². The van der Waals surface area contributed by atoms with Crippen LogP contribution < -0.4 is 16.0 Å². The maximum atomic E-state index is 13.2. The summed E-state index contributed by atoms with van der Waals surface area (Å²) in [4.78, 5) is 50.1. The first-order valence-electron chi connectivity index (χ1n) is 14.9. The van der Waals surface area contributed by atoms with Gasteiger partial charge < -0.3 is 14.2 Å². The van der Waals surface area contributed by atoms with E-state index in [2.05, 4.69) is 12.0 Å². The largest absolute Gasteiger partial charge is 0.476 e. The standard InChI is InChI=1S/C31H47N3O7/c1-6-9-10-11-19-26-28(36)33(21-15-20-27(35)39-7-2)30(38)34(32-26)22-13-12-16-24-17-14-18-25(23-24)41-31(4,5)29(37)40-8-3/h14,17-18,23H,6-13,15-16,19-22H2,1-5H3. The molecule has 0 aliphatic heterocycles. The molecule has 0 fully saturated rings. The predicted molar refractivity (Wildman–Crippen MR) is 157 cm³/mol. The Morgan fingerprint density at radius 2 is 1.61 bits per heavy atom. The van der Waals surface area contributed by atoms with Crippen molar-refractivity contribution >= 4 is 11.9 Å². The Labute approximate surface area is 243 Å². The number of carbonyl (C=O) groups excluding carboxylic acids is 2. The van der Waals surface area contributed by atoms with E-state index in [1.807, 2.05) is 18.2 Å². The summed E-state index contributed by atoms with van der Waals surface area (Å²) >= 11 is 0. The third kappa shape index (κ3) is 11.2. The van der Waals surface area contributed by atoms with E-state index in [0.717, 1.165) is 44.1 Å². The van der Waals surface area contributed by atoms with Gasteiger partial charge in [-0.2, -0.15) is 5.10 Å². The van der Waals surface area contributed by atoms with Crippen LogP contribution in [0.3, 0.4) is 0 Å². The molecule has 228 valence electrons. The number of hydrogen-bond acceptors (Lipinski definition) is 8. The fourth-order valence-electron chi connectivity index (χ4n) is 4.44. The van der Waals surface area contributed by atoms with Gasteiger partial charge in [0.25, 0.3) is 5.56 Å². The summed E-state index contributed by atoms with van der Waals surface area (Å²) < 4.78 is 18.6. The van der Waals surface area contributed by atoms with Crippen molar-refractivity contribution in [1.29, 1.82) is 0 Å². The summed E-state index contributed by atoms with van der Waals surface area (Å²) in [6.45, 7) is 10.1. The molecule has 0 spiro atoms. The van der Waals surface area contributed by atoms with Gasteiger partial charge >= 0.3 is 17.6 Å². The Kier molecular flexibility index (Phi) is 14.3. The molecule has 10 heteroatoms. The van der Waals surface area contributed by atoms with Crippen molar-refractivity contribution in [3.8, 4) is 5.75 Å². The van der Waals surface area contributed by atoms with Crippen molar-refractivity contribution in [2.45, 2.75) is 118 Å². The van der Waals surface area contributed by atoms with Crippen molar-refractivity contribution in [2.75, 3.05) is 13.2 Å². The molecule has 1 heterocycles. The molecule has 0 aliphatic rings. The Balaban J connectivity index is 2.07. The average molecular weight is 574 g/mol. The zero-order valence-electron chi connectivity index (χ0n) is 25.4. The monoisotopic (exact) mass is 573 g/mol. The number of nitrogens with zero attached hydrogens (tertiary/aromatic N) is 3. The molecule has 2 rings (SSSR count). The van der Waals surface area contributed by atoms with Crippen molar-refractivity contribution in [1.82, 2.24) is 14.3 Å². The van der Waals surface area contributed by atoms with Gasteiger partial charge in [0.05, 0.1) is 13.2 Å². The third-order valence-electron chi connectivity index (χ3n) is 6.64. The number of aryl methyl sites for hydroxylation is 3. The smallest absolute Gasteiger partial charge is 0.349 e. The second-order valence-electron chi connectivity index (χ2n) is 10.6. The number of ether oxygens (including phenoxy) is 3. The molecule has 0 saturated carbocycles. The van der Waals surface area contributed by atoms with Gasteiger partial charge in [0.1, 0.15) is 11.4 Å². The van der Waals surface area contributed by atoms with Gasteiger partial charge in [-0.05, 0) is 83.9 Å². The van der Waals surface area contributed by atoms with Gasteiger partial charge in [-0.15, -0.1) is 0 Å².